The summed E-state index contributed by atoms with van der Waals surface area (Å²) in [6, 6.07) is 6.21. The van der Waals surface area contributed by atoms with E-state index in [1.54, 1.807) is 0 Å². The van der Waals surface area contributed by atoms with Gasteiger partial charge >= 0.3 is 0 Å². The predicted octanol–water partition coefficient (Wildman–Crippen LogP) is 3.98. The molecule has 0 unspecified atom stereocenters. The van der Waals surface area contributed by atoms with Crippen LogP contribution in [0.25, 0.3) is 11.3 Å². The Labute approximate surface area is 113 Å². The van der Waals surface area contributed by atoms with E-state index in [1.165, 1.54) is 0 Å². The SMILES string of the molecule is Cc1ccc(-c2nc(C)n(C(C)C)c2N)cc1Cl. The van der Waals surface area contributed by atoms with E-state index in [0.717, 1.165) is 27.7 Å². The predicted molar refractivity (Wildman–Crippen MR) is 76.9 cm³/mol. The van der Waals surface area contributed by atoms with Gasteiger partial charge in [-0.3, -0.25) is 0 Å². The molecule has 1 aromatic heterocycles. The van der Waals surface area contributed by atoms with Gasteiger partial charge in [0, 0.05) is 16.6 Å². The molecule has 0 amide bonds. The molecule has 4 heteroatoms. The monoisotopic (exact) mass is 263 g/mol. The summed E-state index contributed by atoms with van der Waals surface area (Å²) in [6.07, 6.45) is 0. The second kappa shape index (κ2) is 4.65. The molecule has 0 saturated heterocycles. The van der Waals surface area contributed by atoms with Gasteiger partial charge in [0.15, 0.2) is 0 Å². The Hall–Kier alpha value is -1.48. The van der Waals surface area contributed by atoms with Crippen molar-refractivity contribution in [1.29, 1.82) is 0 Å². The highest BCUT2D eigenvalue weighted by Gasteiger charge is 2.15. The number of nitrogen functional groups attached to an aromatic ring is 1. The molecule has 0 radical (unpaired) electrons. The molecule has 96 valence electrons. The number of hydrogen-bond donors (Lipinski definition) is 1. The van der Waals surface area contributed by atoms with Crippen LogP contribution < -0.4 is 5.73 Å². The molecule has 0 aliphatic rings. The maximum atomic E-state index is 6.18. The second-order valence-corrected chi connectivity index (χ2v) is 5.23. The summed E-state index contributed by atoms with van der Waals surface area (Å²) in [5, 5.41) is 0.739. The molecule has 2 aromatic rings. The third kappa shape index (κ3) is 2.10. The molecule has 0 saturated carbocycles. The standard InChI is InChI=1S/C14H18ClN3/c1-8(2)18-10(4)17-13(14(18)16)11-6-5-9(3)12(15)7-11/h5-8H,16H2,1-4H3. The third-order valence-electron chi connectivity index (χ3n) is 3.09. The van der Waals surface area contributed by atoms with Gasteiger partial charge in [-0.2, -0.15) is 0 Å². The highest BCUT2D eigenvalue weighted by Crippen LogP contribution is 2.31. The summed E-state index contributed by atoms with van der Waals surface area (Å²) in [7, 11) is 0. The first-order valence-corrected chi connectivity index (χ1v) is 6.40. The van der Waals surface area contributed by atoms with Crippen LogP contribution in [0.3, 0.4) is 0 Å². The number of aryl methyl sites for hydroxylation is 2. The van der Waals surface area contributed by atoms with Crippen LogP contribution in [0.4, 0.5) is 5.82 Å². The zero-order valence-electron chi connectivity index (χ0n) is 11.2. The van der Waals surface area contributed by atoms with Gasteiger partial charge in [0.05, 0.1) is 0 Å². The minimum atomic E-state index is 0.298. The first kappa shape index (κ1) is 13.0. The van der Waals surface area contributed by atoms with Gasteiger partial charge < -0.3 is 10.3 Å². The zero-order chi connectivity index (χ0) is 13.4. The summed E-state index contributed by atoms with van der Waals surface area (Å²) >= 11 is 6.15. The van der Waals surface area contributed by atoms with Crippen molar-refractivity contribution in [2.24, 2.45) is 0 Å². The van der Waals surface area contributed by atoms with Crippen molar-refractivity contribution in [1.82, 2.24) is 9.55 Å². The lowest BCUT2D eigenvalue weighted by atomic mass is 10.1. The largest absolute Gasteiger partial charge is 0.383 e. The number of aromatic nitrogens is 2. The first-order chi connectivity index (χ1) is 8.41. The van der Waals surface area contributed by atoms with E-state index in [9.17, 15) is 0 Å². The molecule has 2 N–H and O–H groups in total. The number of nitrogens with two attached hydrogens (primary N) is 1. The number of hydrogen-bond acceptors (Lipinski definition) is 2. The van der Waals surface area contributed by atoms with Gasteiger partial charge in [0.1, 0.15) is 17.3 Å². The van der Waals surface area contributed by atoms with Gasteiger partial charge in [-0.05, 0) is 39.3 Å². The molecular formula is C14H18ClN3. The van der Waals surface area contributed by atoms with Crippen molar-refractivity contribution in [3.8, 4) is 11.3 Å². The number of nitrogens with zero attached hydrogens (tertiary/aromatic N) is 2. The summed E-state index contributed by atoms with van der Waals surface area (Å²) < 4.78 is 2.03. The van der Waals surface area contributed by atoms with Crippen LogP contribution in [-0.4, -0.2) is 9.55 Å². The second-order valence-electron chi connectivity index (χ2n) is 4.82. The maximum Gasteiger partial charge on any atom is 0.131 e. The molecular weight excluding hydrogens is 246 g/mol. The number of imidazole rings is 1. The highest BCUT2D eigenvalue weighted by molar-refractivity contribution is 6.31. The Morgan fingerprint density at radius 2 is 1.94 bits per heavy atom. The zero-order valence-corrected chi connectivity index (χ0v) is 11.9. The van der Waals surface area contributed by atoms with Gasteiger partial charge in [-0.25, -0.2) is 4.98 Å². The molecule has 0 spiro atoms. The van der Waals surface area contributed by atoms with Crippen molar-refractivity contribution in [2.75, 3.05) is 5.73 Å². The molecule has 0 bridgehead atoms. The van der Waals surface area contributed by atoms with E-state index >= 15 is 0 Å². The smallest absolute Gasteiger partial charge is 0.131 e. The van der Waals surface area contributed by atoms with Crippen LogP contribution in [0.15, 0.2) is 18.2 Å². The summed E-state index contributed by atoms with van der Waals surface area (Å²) in [5.41, 5.74) is 9.01. The maximum absolute atomic E-state index is 6.18. The lowest BCUT2D eigenvalue weighted by Gasteiger charge is -2.11. The molecule has 18 heavy (non-hydrogen) atoms. The van der Waals surface area contributed by atoms with Crippen LogP contribution in [0, 0.1) is 13.8 Å². The van der Waals surface area contributed by atoms with Crippen molar-refractivity contribution in [3.05, 3.63) is 34.6 Å². The summed E-state index contributed by atoms with van der Waals surface area (Å²) in [4.78, 5) is 4.55. The van der Waals surface area contributed by atoms with E-state index in [1.807, 2.05) is 36.6 Å². The fourth-order valence-electron chi connectivity index (χ4n) is 2.17. The quantitative estimate of drug-likeness (QED) is 0.891. The van der Waals surface area contributed by atoms with Gasteiger partial charge in [0.2, 0.25) is 0 Å². The van der Waals surface area contributed by atoms with E-state index in [0.29, 0.717) is 11.9 Å². The number of rotatable bonds is 2. The van der Waals surface area contributed by atoms with E-state index < -0.39 is 0 Å². The topological polar surface area (TPSA) is 43.8 Å². The average Bonchev–Trinajstić information content (AvgIpc) is 2.58. The molecule has 0 aliphatic heterocycles. The van der Waals surface area contributed by atoms with Crippen LogP contribution in [-0.2, 0) is 0 Å². The van der Waals surface area contributed by atoms with Crippen LogP contribution in [0.1, 0.15) is 31.3 Å². The summed E-state index contributed by atoms with van der Waals surface area (Å²) in [5.74, 6) is 1.62. The van der Waals surface area contributed by atoms with Crippen LogP contribution in [0.5, 0.6) is 0 Å². The number of anilines is 1. The normalized spacial score (nSPS) is 11.2. The fourth-order valence-corrected chi connectivity index (χ4v) is 2.35. The van der Waals surface area contributed by atoms with Gasteiger partial charge in [0.25, 0.3) is 0 Å². The van der Waals surface area contributed by atoms with Gasteiger partial charge in [-0.1, -0.05) is 23.7 Å². The Morgan fingerprint density at radius 3 is 2.44 bits per heavy atom. The Morgan fingerprint density at radius 1 is 1.28 bits per heavy atom. The van der Waals surface area contributed by atoms with Crippen molar-refractivity contribution in [2.45, 2.75) is 33.7 Å². The van der Waals surface area contributed by atoms with Crippen molar-refractivity contribution < 1.29 is 0 Å². The van der Waals surface area contributed by atoms with Crippen molar-refractivity contribution in [3.63, 3.8) is 0 Å². The minimum Gasteiger partial charge on any atom is -0.383 e. The first-order valence-electron chi connectivity index (χ1n) is 6.02. The van der Waals surface area contributed by atoms with Crippen LogP contribution in [0.2, 0.25) is 5.02 Å². The highest BCUT2D eigenvalue weighted by atomic mass is 35.5. The molecule has 0 aliphatic carbocycles. The Balaban J connectivity index is 2.58. The lowest BCUT2D eigenvalue weighted by molar-refractivity contribution is 0.590. The molecule has 3 nitrogen and oxygen atoms in total. The van der Waals surface area contributed by atoms with Crippen LogP contribution >= 0.6 is 11.6 Å². The molecule has 0 atom stereocenters. The van der Waals surface area contributed by atoms with E-state index in [4.69, 9.17) is 17.3 Å². The fraction of sp³-hybridized carbons (Fsp3) is 0.357. The lowest BCUT2D eigenvalue weighted by Crippen LogP contribution is -2.07. The third-order valence-corrected chi connectivity index (χ3v) is 3.49. The van der Waals surface area contributed by atoms with E-state index in [2.05, 4.69) is 18.8 Å². The molecule has 1 aromatic carbocycles. The number of halogens is 1. The minimum absolute atomic E-state index is 0.298. The van der Waals surface area contributed by atoms with E-state index in [-0.39, 0.29) is 0 Å². The molecule has 2 rings (SSSR count). The average molecular weight is 264 g/mol. The molecule has 0 fully saturated rings. The Kier molecular flexibility index (Phi) is 3.35. The van der Waals surface area contributed by atoms with Crippen molar-refractivity contribution >= 4 is 17.4 Å². The van der Waals surface area contributed by atoms with Gasteiger partial charge in [-0.15, -0.1) is 0 Å². The Bertz CT molecular complexity index is 585. The summed E-state index contributed by atoms with van der Waals surface area (Å²) in [6.45, 7) is 8.14. The molecule has 1 heterocycles. The number of benzene rings is 1.